The largest absolute Gasteiger partial charge is 0.478 e. The maximum atomic E-state index is 14.1. The molecule has 0 spiro atoms. The van der Waals surface area contributed by atoms with E-state index in [0.717, 1.165) is 72.1 Å². The number of nitrogens with zero attached hydrogens (tertiary/aromatic N) is 5. The van der Waals surface area contributed by atoms with Gasteiger partial charge in [-0.25, -0.2) is 13.2 Å². The molecule has 2 heterocycles. The second-order valence-corrected chi connectivity index (χ2v) is 20.1. The van der Waals surface area contributed by atoms with Crippen LogP contribution >= 0.6 is 23.4 Å². The summed E-state index contributed by atoms with van der Waals surface area (Å²) >= 11 is 7.93. The molecular weight excluding hydrogens is 870 g/mol. The van der Waals surface area contributed by atoms with Crippen LogP contribution in [0.5, 0.6) is 0 Å². The van der Waals surface area contributed by atoms with Gasteiger partial charge in [-0.05, 0) is 107 Å². The Morgan fingerprint density at radius 3 is 2.33 bits per heavy atom. The molecule has 0 saturated carbocycles. The van der Waals surface area contributed by atoms with Crippen molar-refractivity contribution in [3.63, 3.8) is 0 Å². The van der Waals surface area contributed by atoms with E-state index in [0.29, 0.717) is 47.1 Å². The fourth-order valence-corrected chi connectivity index (χ4v) is 11.5. The second kappa shape index (κ2) is 20.9. The Bertz CT molecular complexity index is 2490. The molecule has 0 radical (unpaired) electrons. The average Bonchev–Trinajstić information content (AvgIpc) is 3.60. The summed E-state index contributed by atoms with van der Waals surface area (Å²) in [6.45, 7) is 8.56. The highest BCUT2D eigenvalue weighted by Gasteiger charge is 2.35. The highest BCUT2D eigenvalue weighted by atomic mass is 35.5. The third-order valence-electron chi connectivity index (χ3n) is 12.4. The predicted octanol–water partition coefficient (Wildman–Crippen LogP) is 7.82. The first kappa shape index (κ1) is 47.1. The number of allylic oxidation sites excluding steroid dienone is 4. The van der Waals surface area contributed by atoms with E-state index in [1.165, 1.54) is 6.08 Å². The summed E-state index contributed by atoms with van der Waals surface area (Å²) in [5.41, 5.74) is 5.44. The molecule has 3 unspecified atom stereocenters. The number of aromatic nitrogens is 1. The minimum Gasteiger partial charge on any atom is -0.478 e. The zero-order chi connectivity index (χ0) is 45.5. The molecule has 3 aromatic rings. The third kappa shape index (κ3) is 11.1. The van der Waals surface area contributed by atoms with Gasteiger partial charge in [-0.2, -0.15) is 0 Å². The molecule has 4 atom stereocenters. The van der Waals surface area contributed by atoms with Crippen molar-refractivity contribution >= 4 is 44.9 Å². The molecule has 13 nitrogen and oxygen atoms in total. The van der Waals surface area contributed by atoms with Crippen molar-refractivity contribution in [2.45, 2.75) is 75.1 Å². The van der Waals surface area contributed by atoms with Gasteiger partial charge in [0, 0.05) is 88.4 Å². The number of hydrogen-bond acceptors (Lipinski definition) is 10. The number of aromatic carboxylic acids is 1. The zero-order valence-electron chi connectivity index (χ0n) is 36.8. The topological polar surface area (TPSA) is 153 Å². The molecule has 1 saturated heterocycles. The number of benzene rings is 2. The molecule has 0 bridgehead atoms. The Morgan fingerprint density at radius 1 is 1.00 bits per heavy atom. The lowest BCUT2D eigenvalue weighted by Crippen LogP contribution is -2.52. The smallest absolute Gasteiger partial charge is 0.338 e. The number of nitro groups is 1. The first-order valence-electron chi connectivity index (χ1n) is 21.9. The second-order valence-electron chi connectivity index (χ2n) is 16.9. The van der Waals surface area contributed by atoms with Gasteiger partial charge in [0.15, 0.2) is 0 Å². The molecule has 64 heavy (non-hydrogen) atoms. The van der Waals surface area contributed by atoms with Gasteiger partial charge in [-0.15, -0.1) is 11.8 Å². The Kier molecular flexibility index (Phi) is 15.4. The Labute approximate surface area is 386 Å². The highest BCUT2D eigenvalue weighted by Crippen LogP contribution is 2.40. The van der Waals surface area contributed by atoms with E-state index in [9.17, 15) is 28.4 Å². The Morgan fingerprint density at radius 2 is 1.70 bits per heavy atom. The minimum absolute atomic E-state index is 0.0166. The van der Waals surface area contributed by atoms with Crippen LogP contribution in [0.15, 0.2) is 124 Å². The summed E-state index contributed by atoms with van der Waals surface area (Å²) in [5.74, 6) is -0.260. The standard InChI is InChI=1S/C48H58ClN7O6S2/c1-5-55-33(2)45(48(57)58)46(47(55)34-14-16-36(49)17-15-34)35-10-9-11-40(30-35)54-28-26-53(27-29-54)39-20-18-37(19-21-39)51-64(61,62)44-31-41(56(59)60)22-23-43(44)50-38(24-25-52(3)4)32-63-42-12-7-6-8-13-42/h6-20,22-23,38-41,50-51H,5,21,24-32H2,1-4H3,(H,57,58)/t38-,39?,40?,41?/m1/s1. The number of sulfonamides is 1. The maximum Gasteiger partial charge on any atom is 0.338 e. The van der Waals surface area contributed by atoms with Gasteiger partial charge in [0.25, 0.3) is 10.0 Å². The van der Waals surface area contributed by atoms with Crippen molar-refractivity contribution in [1.29, 1.82) is 0 Å². The van der Waals surface area contributed by atoms with Gasteiger partial charge in [0.2, 0.25) is 6.04 Å². The van der Waals surface area contributed by atoms with Crippen LogP contribution in [0, 0.1) is 17.0 Å². The fraction of sp³-hybridized carbons (Fsp3) is 0.396. The molecule has 3 N–H and O–H groups in total. The molecule has 340 valence electrons. The Hall–Kier alpha value is -4.90. The molecule has 16 heteroatoms. The number of carboxylic acid groups (broad SMARTS) is 1. The van der Waals surface area contributed by atoms with E-state index >= 15 is 0 Å². The summed E-state index contributed by atoms with van der Waals surface area (Å²) < 4.78 is 33.1. The lowest BCUT2D eigenvalue weighted by Gasteiger charge is -2.42. The van der Waals surface area contributed by atoms with Gasteiger partial charge in [0.05, 0.1) is 28.3 Å². The molecule has 1 aromatic heterocycles. The van der Waals surface area contributed by atoms with Crippen LogP contribution in [0.4, 0.5) is 0 Å². The SMILES string of the molecule is CCn1c(C)c(C(=O)O)c(C2=CC=CC(N3CCN(C4C=CC(NS(=O)(=O)C5=C(N[C@H](CCN(C)C)CSc6ccccc6)C=CC([N+](=O)[O-])C5)=CC4)CC3)C2)c1-c1ccc(Cl)cc1. The predicted molar refractivity (Wildman–Crippen MR) is 257 cm³/mol. The van der Waals surface area contributed by atoms with Crippen molar-refractivity contribution in [2.24, 2.45) is 0 Å². The van der Waals surface area contributed by atoms with Crippen molar-refractivity contribution < 1.29 is 23.2 Å². The first-order chi connectivity index (χ1) is 30.7. The Balaban J connectivity index is 0.992. The van der Waals surface area contributed by atoms with E-state index in [4.69, 9.17) is 11.6 Å². The van der Waals surface area contributed by atoms with Crippen LogP contribution in [0.2, 0.25) is 5.02 Å². The van der Waals surface area contributed by atoms with Gasteiger partial charge in [-0.3, -0.25) is 24.6 Å². The number of carboxylic acids is 1. The van der Waals surface area contributed by atoms with Gasteiger partial charge in [0.1, 0.15) is 0 Å². The summed E-state index contributed by atoms with van der Waals surface area (Å²) in [7, 11) is -0.168. The highest BCUT2D eigenvalue weighted by molar-refractivity contribution is 7.99. The molecular formula is C48H58ClN7O6S2. The zero-order valence-corrected chi connectivity index (χ0v) is 39.2. The lowest BCUT2D eigenvalue weighted by atomic mass is 9.89. The number of carbonyl (C=O) groups is 1. The van der Waals surface area contributed by atoms with Crippen molar-refractivity contribution in [3.8, 4) is 11.3 Å². The van der Waals surface area contributed by atoms with E-state index < -0.39 is 27.0 Å². The number of thioether (sulfide) groups is 1. The van der Waals surface area contributed by atoms with Gasteiger partial charge < -0.3 is 19.9 Å². The van der Waals surface area contributed by atoms with E-state index in [2.05, 4.69) is 35.4 Å². The maximum absolute atomic E-state index is 14.1. The van der Waals surface area contributed by atoms with E-state index in [-0.39, 0.29) is 29.5 Å². The number of rotatable bonds is 18. The number of hydrogen-bond donors (Lipinski definition) is 3. The molecule has 0 amide bonds. The van der Waals surface area contributed by atoms with Crippen LogP contribution in [0.25, 0.3) is 16.8 Å². The summed E-state index contributed by atoms with van der Waals surface area (Å²) in [5, 5.41) is 26.5. The monoisotopic (exact) mass is 927 g/mol. The summed E-state index contributed by atoms with van der Waals surface area (Å²) in [4.78, 5) is 32.3. The van der Waals surface area contributed by atoms with Crippen LogP contribution < -0.4 is 10.0 Å². The quantitative estimate of drug-likeness (QED) is 0.0651. The van der Waals surface area contributed by atoms with Crippen molar-refractivity contribution in [3.05, 3.63) is 151 Å². The number of piperazine rings is 1. The normalized spacial score (nSPS) is 21.2. The average molecular weight is 929 g/mol. The van der Waals surface area contributed by atoms with Crippen LogP contribution in [-0.4, -0.2) is 120 Å². The first-order valence-corrected chi connectivity index (χ1v) is 24.7. The van der Waals surface area contributed by atoms with Crippen LogP contribution in [0.3, 0.4) is 0 Å². The fourth-order valence-electron chi connectivity index (χ4n) is 9.03. The number of nitrogens with one attached hydrogen (secondary N) is 2. The van der Waals surface area contributed by atoms with Crippen molar-refractivity contribution in [2.75, 3.05) is 52.6 Å². The van der Waals surface area contributed by atoms with Gasteiger partial charge >= 0.3 is 5.97 Å². The third-order valence-corrected chi connectivity index (χ3v) is 15.4. The molecule has 7 rings (SSSR count). The number of halogens is 1. The van der Waals surface area contributed by atoms with Crippen LogP contribution in [-0.2, 0) is 16.6 Å². The van der Waals surface area contributed by atoms with Crippen molar-refractivity contribution in [1.82, 2.24) is 29.3 Å². The molecule has 4 aliphatic rings. The van der Waals surface area contributed by atoms with Crippen LogP contribution in [0.1, 0.15) is 54.2 Å². The van der Waals surface area contributed by atoms with Gasteiger partial charge in [-0.1, -0.05) is 72.3 Å². The molecule has 1 aliphatic heterocycles. The lowest BCUT2D eigenvalue weighted by molar-refractivity contribution is -0.508. The summed E-state index contributed by atoms with van der Waals surface area (Å²) in [6.07, 6.45) is 16.8. The molecule has 3 aliphatic carbocycles. The minimum atomic E-state index is -4.16. The molecule has 1 fully saturated rings. The molecule has 2 aromatic carbocycles. The summed E-state index contributed by atoms with van der Waals surface area (Å²) in [6, 6.07) is 16.5. The van der Waals surface area contributed by atoms with E-state index in [1.807, 2.05) is 107 Å². The van der Waals surface area contributed by atoms with E-state index in [1.54, 1.807) is 23.9 Å².